The molecule has 2 heterocycles. The molecule has 7 nitrogen and oxygen atoms in total. The lowest BCUT2D eigenvalue weighted by atomic mass is 10.1. The van der Waals surface area contributed by atoms with E-state index in [1.807, 2.05) is 83.5 Å². The molecule has 0 saturated carbocycles. The summed E-state index contributed by atoms with van der Waals surface area (Å²) in [6.45, 7) is 1.21. The molecule has 0 unspecified atom stereocenters. The number of hydrogen-bond acceptors (Lipinski definition) is 5. The highest BCUT2D eigenvalue weighted by molar-refractivity contribution is 5.78. The molecular formula is C25H26N4O3. The molecule has 164 valence electrons. The van der Waals surface area contributed by atoms with Crippen LogP contribution in [0.2, 0.25) is 0 Å². The van der Waals surface area contributed by atoms with Crippen molar-refractivity contribution in [3.63, 3.8) is 0 Å². The van der Waals surface area contributed by atoms with E-state index in [-0.39, 0.29) is 12.5 Å². The second kappa shape index (κ2) is 9.98. The van der Waals surface area contributed by atoms with Gasteiger partial charge in [-0.05, 0) is 55.6 Å². The molecule has 0 atom stereocenters. The van der Waals surface area contributed by atoms with Crippen LogP contribution in [0.3, 0.4) is 0 Å². The van der Waals surface area contributed by atoms with Gasteiger partial charge in [-0.3, -0.25) is 9.69 Å². The molecule has 0 spiro atoms. The Morgan fingerprint density at radius 1 is 1.09 bits per heavy atom. The Hall–Kier alpha value is -3.84. The maximum Gasteiger partial charge on any atom is 0.234 e. The van der Waals surface area contributed by atoms with Crippen LogP contribution >= 0.6 is 0 Å². The number of rotatable bonds is 9. The van der Waals surface area contributed by atoms with Gasteiger partial charge < -0.3 is 14.5 Å². The first-order chi connectivity index (χ1) is 15.6. The van der Waals surface area contributed by atoms with E-state index in [2.05, 4.69) is 5.32 Å². The molecular weight excluding hydrogens is 404 g/mol. The molecule has 2 aromatic heterocycles. The lowest BCUT2D eigenvalue weighted by Crippen LogP contribution is -2.34. The van der Waals surface area contributed by atoms with Crippen LogP contribution in [0.1, 0.15) is 11.3 Å². The Balaban J connectivity index is 1.51. The first-order valence-electron chi connectivity index (χ1n) is 10.4. The van der Waals surface area contributed by atoms with E-state index in [4.69, 9.17) is 14.3 Å². The van der Waals surface area contributed by atoms with Gasteiger partial charge in [0.15, 0.2) is 0 Å². The van der Waals surface area contributed by atoms with Crippen LogP contribution in [-0.2, 0) is 17.9 Å². The van der Waals surface area contributed by atoms with Crippen LogP contribution < -0.4 is 10.1 Å². The van der Waals surface area contributed by atoms with Crippen LogP contribution in [0.5, 0.6) is 5.75 Å². The molecule has 0 saturated heterocycles. The number of nitrogens with one attached hydrogen (secondary N) is 1. The second-order valence-electron chi connectivity index (χ2n) is 7.54. The highest BCUT2D eigenvalue weighted by atomic mass is 16.5. The Labute approximate surface area is 187 Å². The summed E-state index contributed by atoms with van der Waals surface area (Å²) in [7, 11) is 3.57. The molecule has 0 aliphatic rings. The zero-order chi connectivity index (χ0) is 22.3. The number of carbonyl (C=O) groups is 1. The standard InChI is InChI=1S/C25H26N4O3/c1-28(18-24(30)26-15-23-9-6-14-32-23)16-20-17-29(21-7-4-3-5-8-21)27-25(20)19-10-12-22(31-2)13-11-19/h3-14,17H,15-16,18H2,1-2H3,(H,26,30). The number of likely N-dealkylation sites (N-methyl/N-ethyl adjacent to an activating group) is 1. The topological polar surface area (TPSA) is 72.5 Å². The van der Waals surface area contributed by atoms with Gasteiger partial charge in [-0.1, -0.05) is 18.2 Å². The summed E-state index contributed by atoms with van der Waals surface area (Å²) in [5.41, 5.74) is 3.87. The van der Waals surface area contributed by atoms with Crippen molar-refractivity contribution in [1.29, 1.82) is 0 Å². The number of carbonyl (C=O) groups excluding carboxylic acids is 1. The quantitative estimate of drug-likeness (QED) is 0.436. The number of furan rings is 1. The second-order valence-corrected chi connectivity index (χ2v) is 7.54. The average Bonchev–Trinajstić information content (AvgIpc) is 3.48. The average molecular weight is 431 g/mol. The molecule has 1 amide bonds. The normalized spacial score (nSPS) is 11.0. The van der Waals surface area contributed by atoms with Gasteiger partial charge in [-0.2, -0.15) is 5.10 Å². The fraction of sp³-hybridized carbons (Fsp3) is 0.200. The zero-order valence-corrected chi connectivity index (χ0v) is 18.2. The van der Waals surface area contributed by atoms with Crippen molar-refractivity contribution in [2.45, 2.75) is 13.1 Å². The van der Waals surface area contributed by atoms with Crippen molar-refractivity contribution >= 4 is 5.91 Å². The molecule has 0 bridgehead atoms. The van der Waals surface area contributed by atoms with E-state index in [0.717, 1.165) is 34.0 Å². The van der Waals surface area contributed by atoms with Gasteiger partial charge in [-0.25, -0.2) is 4.68 Å². The van der Waals surface area contributed by atoms with E-state index in [1.54, 1.807) is 19.4 Å². The summed E-state index contributed by atoms with van der Waals surface area (Å²) >= 11 is 0. The molecule has 1 N–H and O–H groups in total. The Morgan fingerprint density at radius 3 is 2.56 bits per heavy atom. The minimum absolute atomic E-state index is 0.0645. The van der Waals surface area contributed by atoms with Crippen molar-refractivity contribution < 1.29 is 13.9 Å². The van der Waals surface area contributed by atoms with Crippen LogP contribution in [0.15, 0.2) is 83.6 Å². The third-order valence-corrected chi connectivity index (χ3v) is 5.07. The van der Waals surface area contributed by atoms with Gasteiger partial charge in [0.1, 0.15) is 11.5 Å². The highest BCUT2D eigenvalue weighted by Gasteiger charge is 2.16. The Kier molecular flexibility index (Phi) is 6.67. The molecule has 4 rings (SSSR count). The minimum atomic E-state index is -0.0645. The summed E-state index contributed by atoms with van der Waals surface area (Å²) in [5.74, 6) is 1.46. The lowest BCUT2D eigenvalue weighted by Gasteiger charge is -2.16. The first-order valence-corrected chi connectivity index (χ1v) is 10.4. The molecule has 4 aromatic rings. The number of ether oxygens (including phenoxy) is 1. The number of para-hydroxylation sites is 1. The largest absolute Gasteiger partial charge is 0.497 e. The van der Waals surface area contributed by atoms with Gasteiger partial charge in [0, 0.05) is 23.9 Å². The van der Waals surface area contributed by atoms with E-state index in [9.17, 15) is 4.79 Å². The van der Waals surface area contributed by atoms with Crippen molar-refractivity contribution in [3.05, 3.63) is 90.5 Å². The summed E-state index contributed by atoms with van der Waals surface area (Å²) in [4.78, 5) is 14.3. The van der Waals surface area contributed by atoms with E-state index >= 15 is 0 Å². The maximum absolute atomic E-state index is 12.4. The summed E-state index contributed by atoms with van der Waals surface area (Å²) < 4.78 is 12.4. The van der Waals surface area contributed by atoms with Gasteiger partial charge in [0.25, 0.3) is 0 Å². The van der Waals surface area contributed by atoms with E-state index in [0.29, 0.717) is 13.1 Å². The van der Waals surface area contributed by atoms with Crippen molar-refractivity contribution in [2.24, 2.45) is 0 Å². The van der Waals surface area contributed by atoms with E-state index in [1.165, 1.54) is 0 Å². The van der Waals surface area contributed by atoms with Crippen molar-refractivity contribution in [2.75, 3.05) is 20.7 Å². The number of benzene rings is 2. The highest BCUT2D eigenvalue weighted by Crippen LogP contribution is 2.26. The van der Waals surface area contributed by atoms with Gasteiger partial charge in [0.2, 0.25) is 5.91 Å². The predicted molar refractivity (Wildman–Crippen MR) is 122 cm³/mol. The van der Waals surface area contributed by atoms with E-state index < -0.39 is 0 Å². The number of amides is 1. The lowest BCUT2D eigenvalue weighted by molar-refractivity contribution is -0.122. The van der Waals surface area contributed by atoms with Crippen LogP contribution in [0, 0.1) is 0 Å². The maximum atomic E-state index is 12.4. The predicted octanol–water partition coefficient (Wildman–Crippen LogP) is 3.89. The third-order valence-electron chi connectivity index (χ3n) is 5.07. The molecule has 7 heteroatoms. The monoisotopic (exact) mass is 430 g/mol. The van der Waals surface area contributed by atoms with Crippen molar-refractivity contribution in [3.8, 4) is 22.7 Å². The number of hydrogen-bond donors (Lipinski definition) is 1. The fourth-order valence-electron chi connectivity index (χ4n) is 3.48. The van der Waals surface area contributed by atoms with Crippen LogP contribution in [0.4, 0.5) is 0 Å². The van der Waals surface area contributed by atoms with Crippen LogP contribution in [-0.4, -0.2) is 41.3 Å². The molecule has 0 aliphatic carbocycles. The van der Waals surface area contributed by atoms with Gasteiger partial charge in [0.05, 0.1) is 37.8 Å². The minimum Gasteiger partial charge on any atom is -0.497 e. The third kappa shape index (κ3) is 5.25. The number of aromatic nitrogens is 2. The first kappa shape index (κ1) is 21.4. The molecule has 32 heavy (non-hydrogen) atoms. The molecule has 0 aliphatic heterocycles. The fourth-order valence-corrected chi connectivity index (χ4v) is 3.48. The molecule has 2 aromatic carbocycles. The Morgan fingerprint density at radius 2 is 1.88 bits per heavy atom. The number of nitrogens with zero attached hydrogens (tertiary/aromatic N) is 3. The Bertz CT molecular complexity index is 1140. The summed E-state index contributed by atoms with van der Waals surface area (Å²) in [6, 6.07) is 21.5. The number of methoxy groups -OCH3 is 1. The summed E-state index contributed by atoms with van der Waals surface area (Å²) in [5, 5.41) is 7.73. The van der Waals surface area contributed by atoms with Crippen LogP contribution in [0.25, 0.3) is 16.9 Å². The smallest absolute Gasteiger partial charge is 0.234 e. The van der Waals surface area contributed by atoms with Crippen molar-refractivity contribution in [1.82, 2.24) is 20.0 Å². The van der Waals surface area contributed by atoms with Gasteiger partial charge >= 0.3 is 0 Å². The molecule has 0 radical (unpaired) electrons. The SMILES string of the molecule is COc1ccc(-c2nn(-c3ccccc3)cc2CN(C)CC(=O)NCc2ccco2)cc1. The summed E-state index contributed by atoms with van der Waals surface area (Å²) in [6.07, 6.45) is 3.62. The zero-order valence-electron chi connectivity index (χ0n) is 18.2. The molecule has 0 fully saturated rings. The van der Waals surface area contributed by atoms with Gasteiger partial charge in [-0.15, -0.1) is 0 Å².